The third-order valence-electron chi connectivity index (χ3n) is 4.81. The fourth-order valence-corrected chi connectivity index (χ4v) is 3.30. The molecule has 2 unspecified atom stereocenters. The summed E-state index contributed by atoms with van der Waals surface area (Å²) in [6.45, 7) is 1.08. The van der Waals surface area contributed by atoms with Crippen molar-refractivity contribution < 1.29 is 34.7 Å². The van der Waals surface area contributed by atoms with Gasteiger partial charge in [0.2, 0.25) is 5.76 Å². The number of nitrogens with zero attached hydrogens (tertiary/aromatic N) is 2. The van der Waals surface area contributed by atoms with Gasteiger partial charge in [0.1, 0.15) is 29.6 Å². The zero-order valence-corrected chi connectivity index (χ0v) is 14.9. The van der Waals surface area contributed by atoms with Gasteiger partial charge in [0.05, 0.1) is 19.8 Å². The average Bonchev–Trinajstić information content (AvgIpc) is 3.10. The van der Waals surface area contributed by atoms with Crippen molar-refractivity contribution in [1.29, 1.82) is 0 Å². The Balaban J connectivity index is 2.04. The van der Waals surface area contributed by atoms with E-state index in [0.717, 1.165) is 5.39 Å². The first-order chi connectivity index (χ1) is 12.9. The highest BCUT2D eigenvalue weighted by molar-refractivity contribution is 5.85. The number of hydrogen-bond donors (Lipinski definition) is 4. The largest absolute Gasteiger partial charge is 0.494 e. The van der Waals surface area contributed by atoms with Crippen LogP contribution in [0.1, 0.15) is 13.0 Å². The maximum atomic E-state index is 11.5. The van der Waals surface area contributed by atoms with E-state index in [1.54, 1.807) is 23.9 Å². The average molecular weight is 378 g/mol. The monoisotopic (exact) mass is 378 g/mol. The molecular weight excluding hydrogens is 356 g/mol. The molecule has 0 amide bonds. The third kappa shape index (κ3) is 3.48. The molecule has 3 rings (SSSR count). The molecule has 9 nitrogen and oxygen atoms in total. The number of carbonyl (C=O) groups is 1. The van der Waals surface area contributed by atoms with Crippen molar-refractivity contribution in [3.8, 4) is 5.75 Å². The van der Waals surface area contributed by atoms with Crippen LogP contribution in [0.4, 0.5) is 0 Å². The zero-order valence-electron chi connectivity index (χ0n) is 14.9. The van der Waals surface area contributed by atoms with E-state index in [1.807, 2.05) is 12.1 Å². The fourth-order valence-electron chi connectivity index (χ4n) is 3.30. The number of hydrogen-bond acceptors (Lipinski definition) is 7. The number of aliphatic carboxylic acids is 1. The number of ether oxygens (including phenoxy) is 2. The van der Waals surface area contributed by atoms with Gasteiger partial charge in [0.15, 0.2) is 0 Å². The molecule has 1 aromatic carbocycles. The van der Waals surface area contributed by atoms with Crippen LogP contribution >= 0.6 is 0 Å². The Morgan fingerprint density at radius 3 is 2.78 bits per heavy atom. The van der Waals surface area contributed by atoms with Crippen LogP contribution in [0.5, 0.6) is 5.75 Å². The van der Waals surface area contributed by atoms with Crippen molar-refractivity contribution in [2.24, 2.45) is 5.92 Å². The number of aromatic nitrogens is 2. The van der Waals surface area contributed by atoms with Crippen molar-refractivity contribution in [1.82, 2.24) is 9.78 Å². The molecule has 0 saturated carbocycles. The highest BCUT2D eigenvalue weighted by Crippen LogP contribution is 2.35. The van der Waals surface area contributed by atoms with Crippen LogP contribution in [-0.4, -0.2) is 68.2 Å². The standard InChI is InChI=1S/C18H22N2O7/c1-9-11(20-7-10-4-3-5-13(26-2)15(10)19-20)6-14(18(24)25)27-17(9)16(23)12(22)8-21/h3-7,9,11-12,16-17,21-23H,8H2,1-2H3,(H,24,25)/t9-,11+,12?,16?,17-/m1/s1. The summed E-state index contributed by atoms with van der Waals surface area (Å²) >= 11 is 0. The summed E-state index contributed by atoms with van der Waals surface area (Å²) in [6, 6.07) is 4.90. The molecule has 2 heterocycles. The number of carboxylic acid groups (broad SMARTS) is 1. The summed E-state index contributed by atoms with van der Waals surface area (Å²) in [5.41, 5.74) is 0.622. The van der Waals surface area contributed by atoms with Crippen LogP contribution in [0.2, 0.25) is 0 Å². The fraction of sp³-hybridized carbons (Fsp3) is 0.444. The number of fused-ring (bicyclic) bond motifs is 1. The first kappa shape index (κ1) is 19.2. The number of carboxylic acids is 1. The van der Waals surface area contributed by atoms with Gasteiger partial charge >= 0.3 is 5.97 Å². The van der Waals surface area contributed by atoms with Crippen LogP contribution < -0.4 is 4.74 Å². The van der Waals surface area contributed by atoms with Crippen LogP contribution in [0.25, 0.3) is 10.9 Å². The van der Waals surface area contributed by atoms with Crippen LogP contribution in [0.15, 0.2) is 36.2 Å². The van der Waals surface area contributed by atoms with E-state index in [1.165, 1.54) is 13.2 Å². The molecule has 0 fully saturated rings. The summed E-state index contributed by atoms with van der Waals surface area (Å²) < 4.78 is 12.3. The van der Waals surface area contributed by atoms with Crippen LogP contribution in [0, 0.1) is 5.92 Å². The van der Waals surface area contributed by atoms with Crippen molar-refractivity contribution in [3.63, 3.8) is 0 Å². The molecule has 0 bridgehead atoms. The number of aliphatic hydroxyl groups excluding tert-OH is 3. The highest BCUT2D eigenvalue weighted by atomic mass is 16.5. The van der Waals surface area contributed by atoms with Gasteiger partial charge in [0, 0.05) is 17.5 Å². The van der Waals surface area contributed by atoms with Gasteiger partial charge in [0.25, 0.3) is 0 Å². The Hall–Kier alpha value is -2.62. The van der Waals surface area contributed by atoms with Gasteiger partial charge in [-0.05, 0) is 12.1 Å². The molecule has 0 saturated heterocycles. The molecule has 5 atom stereocenters. The predicted octanol–water partition coefficient (Wildman–Crippen LogP) is 0.303. The molecule has 4 N–H and O–H groups in total. The summed E-state index contributed by atoms with van der Waals surface area (Å²) in [6.07, 6.45) is -0.785. The normalized spacial score (nSPS) is 24.8. The Morgan fingerprint density at radius 1 is 1.41 bits per heavy atom. The Labute approximate surface area is 155 Å². The highest BCUT2D eigenvalue weighted by Gasteiger charge is 2.41. The maximum absolute atomic E-state index is 11.5. The second-order valence-electron chi connectivity index (χ2n) is 6.52. The lowest BCUT2D eigenvalue weighted by atomic mass is 9.87. The maximum Gasteiger partial charge on any atom is 0.370 e. The smallest absolute Gasteiger partial charge is 0.370 e. The van der Waals surface area contributed by atoms with E-state index in [9.17, 15) is 20.1 Å². The molecular formula is C18H22N2O7. The second-order valence-corrected chi connectivity index (χ2v) is 6.52. The number of methoxy groups -OCH3 is 1. The number of aliphatic hydroxyl groups is 3. The molecule has 27 heavy (non-hydrogen) atoms. The van der Waals surface area contributed by atoms with Gasteiger partial charge in [-0.1, -0.05) is 19.1 Å². The molecule has 0 spiro atoms. The van der Waals surface area contributed by atoms with Crippen molar-refractivity contribution >= 4 is 16.9 Å². The van der Waals surface area contributed by atoms with Crippen molar-refractivity contribution in [2.45, 2.75) is 31.3 Å². The summed E-state index contributed by atoms with van der Waals surface area (Å²) in [5.74, 6) is -1.50. The molecule has 0 aliphatic carbocycles. The third-order valence-corrected chi connectivity index (χ3v) is 4.81. The minimum absolute atomic E-state index is 0.348. The molecule has 1 aromatic heterocycles. The van der Waals surface area contributed by atoms with E-state index in [-0.39, 0.29) is 5.76 Å². The van der Waals surface area contributed by atoms with Gasteiger partial charge < -0.3 is 29.9 Å². The Kier molecular flexibility index (Phi) is 5.36. The Morgan fingerprint density at radius 2 is 2.15 bits per heavy atom. The summed E-state index contributed by atoms with van der Waals surface area (Å²) in [7, 11) is 1.54. The number of allylic oxidation sites excluding steroid dienone is 1. The van der Waals surface area contributed by atoms with Crippen molar-refractivity contribution in [3.05, 3.63) is 36.2 Å². The van der Waals surface area contributed by atoms with E-state index < -0.39 is 42.8 Å². The van der Waals surface area contributed by atoms with E-state index in [2.05, 4.69) is 5.10 Å². The molecule has 146 valence electrons. The van der Waals surface area contributed by atoms with Gasteiger partial charge in [-0.15, -0.1) is 0 Å². The lowest BCUT2D eigenvalue weighted by Crippen LogP contribution is -2.48. The molecule has 1 aliphatic rings. The summed E-state index contributed by atoms with van der Waals surface area (Å²) in [5, 5.41) is 43.9. The number of rotatable bonds is 6. The topological polar surface area (TPSA) is 134 Å². The Bertz CT molecular complexity index is 863. The number of benzene rings is 1. The van der Waals surface area contributed by atoms with Gasteiger partial charge in [-0.2, -0.15) is 5.10 Å². The second kappa shape index (κ2) is 7.55. The molecule has 2 aromatic rings. The van der Waals surface area contributed by atoms with E-state index in [0.29, 0.717) is 11.3 Å². The summed E-state index contributed by atoms with van der Waals surface area (Å²) in [4.78, 5) is 11.5. The SMILES string of the molecule is COc1cccc2cn([C@H]3C=C(C(=O)O)O[C@@H](C(O)C(O)CO)[C@@H]3C)nc12. The molecule has 9 heteroatoms. The predicted molar refractivity (Wildman–Crippen MR) is 94.2 cm³/mol. The van der Waals surface area contributed by atoms with Gasteiger partial charge in [-0.3, -0.25) is 4.68 Å². The lowest BCUT2D eigenvalue weighted by Gasteiger charge is -2.38. The first-order valence-corrected chi connectivity index (χ1v) is 8.48. The van der Waals surface area contributed by atoms with Crippen LogP contribution in [-0.2, 0) is 9.53 Å². The van der Waals surface area contributed by atoms with Gasteiger partial charge in [-0.25, -0.2) is 4.79 Å². The van der Waals surface area contributed by atoms with E-state index >= 15 is 0 Å². The quantitative estimate of drug-likeness (QED) is 0.564. The molecule has 0 radical (unpaired) electrons. The van der Waals surface area contributed by atoms with Crippen molar-refractivity contribution in [2.75, 3.05) is 13.7 Å². The molecule has 1 aliphatic heterocycles. The minimum Gasteiger partial charge on any atom is -0.494 e. The first-order valence-electron chi connectivity index (χ1n) is 8.48. The van der Waals surface area contributed by atoms with E-state index in [4.69, 9.17) is 14.6 Å². The lowest BCUT2D eigenvalue weighted by molar-refractivity contribution is -0.148. The zero-order chi connectivity index (χ0) is 19.7. The minimum atomic E-state index is -1.46. The van der Waals surface area contributed by atoms with Crippen LogP contribution in [0.3, 0.4) is 0 Å².